The van der Waals surface area contributed by atoms with Gasteiger partial charge in [0, 0.05) is 6.04 Å². The van der Waals surface area contributed by atoms with Crippen LogP contribution in [0.1, 0.15) is 62.5 Å². The van der Waals surface area contributed by atoms with Gasteiger partial charge in [-0.05, 0) is 43.2 Å². The average Bonchev–Trinajstić information content (AvgIpc) is 3.52. The summed E-state index contributed by atoms with van der Waals surface area (Å²) in [5.41, 5.74) is 0.240. The zero-order valence-corrected chi connectivity index (χ0v) is 17.1. The van der Waals surface area contributed by atoms with Crippen molar-refractivity contribution in [3.63, 3.8) is 0 Å². The zero-order valence-electron chi connectivity index (χ0n) is 17.1. The minimum absolute atomic E-state index is 0.00737. The van der Waals surface area contributed by atoms with E-state index in [4.69, 9.17) is 9.15 Å². The second-order valence-corrected chi connectivity index (χ2v) is 7.62. The fourth-order valence-corrected chi connectivity index (χ4v) is 3.79. The van der Waals surface area contributed by atoms with Crippen molar-refractivity contribution in [2.45, 2.75) is 38.3 Å². The van der Waals surface area contributed by atoms with Crippen LogP contribution < -0.4 is 10.6 Å². The average molecular weight is 439 g/mol. The van der Waals surface area contributed by atoms with E-state index >= 15 is 0 Å². The van der Waals surface area contributed by atoms with Crippen LogP contribution in [-0.4, -0.2) is 47.3 Å². The summed E-state index contributed by atoms with van der Waals surface area (Å²) in [7, 11) is 0. The molecule has 10 nitrogen and oxygen atoms in total. The van der Waals surface area contributed by atoms with Crippen LogP contribution in [0, 0.1) is 0 Å². The van der Waals surface area contributed by atoms with E-state index in [-0.39, 0.29) is 29.3 Å². The van der Waals surface area contributed by atoms with Gasteiger partial charge in [-0.2, -0.15) is 0 Å². The molecule has 2 aromatic rings. The Morgan fingerprint density at radius 1 is 1.06 bits per heavy atom. The van der Waals surface area contributed by atoms with Crippen molar-refractivity contribution in [1.29, 1.82) is 0 Å². The molecule has 1 aromatic heterocycles. The van der Waals surface area contributed by atoms with E-state index in [1.165, 1.54) is 24.5 Å². The van der Waals surface area contributed by atoms with Gasteiger partial charge in [-0.15, -0.1) is 0 Å². The molecule has 0 atom stereocenters. The summed E-state index contributed by atoms with van der Waals surface area (Å²) in [6, 6.07) is 6.67. The van der Waals surface area contributed by atoms with Gasteiger partial charge in [-0.25, -0.2) is 9.59 Å². The van der Waals surface area contributed by atoms with Gasteiger partial charge in [0.2, 0.25) is 0 Å². The molecule has 1 aromatic carbocycles. The summed E-state index contributed by atoms with van der Waals surface area (Å²) in [5.74, 6) is -2.23. The number of benzene rings is 1. The Kier molecular flexibility index (Phi) is 6.02. The van der Waals surface area contributed by atoms with E-state index in [9.17, 15) is 24.0 Å². The molecule has 2 N–H and O–H groups in total. The second-order valence-electron chi connectivity index (χ2n) is 7.62. The Hall–Kier alpha value is -3.95. The molecule has 1 fully saturated rings. The van der Waals surface area contributed by atoms with Crippen molar-refractivity contribution in [2.24, 2.45) is 0 Å². The number of nitrogens with zero attached hydrogens (tertiary/aromatic N) is 1. The summed E-state index contributed by atoms with van der Waals surface area (Å²) in [4.78, 5) is 62.2. The van der Waals surface area contributed by atoms with E-state index in [0.29, 0.717) is 5.76 Å². The molecule has 1 aliphatic carbocycles. The van der Waals surface area contributed by atoms with Crippen molar-refractivity contribution >= 4 is 29.7 Å². The van der Waals surface area contributed by atoms with E-state index < -0.39 is 36.3 Å². The van der Waals surface area contributed by atoms with Crippen LogP contribution in [-0.2, 0) is 16.1 Å². The fraction of sp³-hybridized carbons (Fsp3) is 0.318. The lowest BCUT2D eigenvalue weighted by Gasteiger charge is -2.12. The zero-order chi connectivity index (χ0) is 22.7. The molecule has 0 bridgehead atoms. The summed E-state index contributed by atoms with van der Waals surface area (Å²) in [6.07, 6.45) is 5.25. The first kappa shape index (κ1) is 21.3. The van der Waals surface area contributed by atoms with Gasteiger partial charge in [0.05, 0.1) is 29.5 Å². The van der Waals surface area contributed by atoms with Gasteiger partial charge < -0.3 is 14.5 Å². The third-order valence-electron chi connectivity index (χ3n) is 5.38. The number of hydrogen-bond acceptors (Lipinski definition) is 7. The third-order valence-corrected chi connectivity index (χ3v) is 5.38. The Morgan fingerprint density at radius 2 is 1.81 bits per heavy atom. The molecule has 5 amide bonds. The molecular formula is C22H21N3O7. The van der Waals surface area contributed by atoms with Crippen LogP contribution in [0.2, 0.25) is 0 Å². The van der Waals surface area contributed by atoms with Crippen LogP contribution in [0.15, 0.2) is 41.0 Å². The number of urea groups is 1. The Morgan fingerprint density at radius 3 is 2.53 bits per heavy atom. The number of hydrogen-bond donors (Lipinski definition) is 2. The Balaban J connectivity index is 1.33. The number of carbonyl (C=O) groups is 5. The predicted octanol–water partition coefficient (Wildman–Crippen LogP) is 2.00. The topological polar surface area (TPSA) is 135 Å². The fourth-order valence-electron chi connectivity index (χ4n) is 3.79. The SMILES string of the molecule is O=C(COC(=O)c1ccc2c(c1)C(=O)N(Cc1ccco1)C2=O)NC(=O)NC1CCCC1. The smallest absolute Gasteiger partial charge is 0.338 e. The lowest BCUT2D eigenvalue weighted by atomic mass is 10.1. The predicted molar refractivity (Wildman–Crippen MR) is 109 cm³/mol. The van der Waals surface area contributed by atoms with Crippen molar-refractivity contribution in [3.05, 3.63) is 59.0 Å². The van der Waals surface area contributed by atoms with Crippen molar-refractivity contribution < 1.29 is 33.1 Å². The summed E-state index contributed by atoms with van der Waals surface area (Å²) in [6.45, 7) is -0.687. The van der Waals surface area contributed by atoms with E-state index in [0.717, 1.165) is 30.6 Å². The molecule has 4 rings (SSSR count). The molecule has 2 heterocycles. The highest BCUT2D eigenvalue weighted by atomic mass is 16.5. The van der Waals surface area contributed by atoms with Crippen molar-refractivity contribution in [3.8, 4) is 0 Å². The lowest BCUT2D eigenvalue weighted by Crippen LogP contribution is -2.45. The Labute approximate surface area is 182 Å². The van der Waals surface area contributed by atoms with Crippen LogP contribution in [0.25, 0.3) is 0 Å². The molecule has 2 aliphatic rings. The number of esters is 1. The third kappa shape index (κ3) is 4.53. The maximum atomic E-state index is 12.6. The number of fused-ring (bicyclic) bond motifs is 1. The molecule has 166 valence electrons. The quantitative estimate of drug-likeness (QED) is 0.519. The number of ether oxygens (including phenoxy) is 1. The largest absolute Gasteiger partial charge is 0.467 e. The van der Waals surface area contributed by atoms with Gasteiger partial charge in [-0.3, -0.25) is 24.6 Å². The molecule has 0 unspecified atom stereocenters. The van der Waals surface area contributed by atoms with Gasteiger partial charge in [-0.1, -0.05) is 12.8 Å². The van der Waals surface area contributed by atoms with E-state index in [1.807, 2.05) is 0 Å². The normalized spacial score (nSPS) is 15.6. The number of rotatable bonds is 6. The van der Waals surface area contributed by atoms with Crippen LogP contribution in [0.3, 0.4) is 0 Å². The maximum Gasteiger partial charge on any atom is 0.338 e. The van der Waals surface area contributed by atoms with Gasteiger partial charge >= 0.3 is 12.0 Å². The standard InChI is InChI=1S/C22H21N3O7/c26-18(24-22(30)23-14-4-1-2-5-14)12-32-21(29)13-7-8-16-17(10-13)20(28)25(19(16)27)11-15-6-3-9-31-15/h3,6-10,14H,1-2,4-5,11-12H2,(H2,23,24,26,30). The van der Waals surface area contributed by atoms with Gasteiger partial charge in [0.1, 0.15) is 5.76 Å². The molecule has 1 aliphatic heterocycles. The Bertz CT molecular complexity index is 1070. The number of nitrogens with one attached hydrogen (secondary N) is 2. The van der Waals surface area contributed by atoms with E-state index in [2.05, 4.69) is 10.6 Å². The van der Waals surface area contributed by atoms with Crippen LogP contribution in [0.4, 0.5) is 4.79 Å². The summed E-state index contributed by atoms with van der Waals surface area (Å²) in [5, 5.41) is 4.81. The highest BCUT2D eigenvalue weighted by molar-refractivity contribution is 6.21. The maximum absolute atomic E-state index is 12.6. The molecule has 32 heavy (non-hydrogen) atoms. The minimum atomic E-state index is -0.858. The van der Waals surface area contributed by atoms with Gasteiger partial charge in [0.15, 0.2) is 6.61 Å². The first-order valence-electron chi connectivity index (χ1n) is 10.2. The number of carbonyl (C=O) groups excluding carboxylic acids is 5. The molecule has 0 saturated heterocycles. The second kappa shape index (κ2) is 9.04. The summed E-state index contributed by atoms with van der Waals surface area (Å²) >= 11 is 0. The molecule has 1 saturated carbocycles. The first-order chi connectivity index (χ1) is 15.4. The first-order valence-corrected chi connectivity index (χ1v) is 10.2. The highest BCUT2D eigenvalue weighted by Gasteiger charge is 2.36. The number of amides is 5. The molecule has 0 radical (unpaired) electrons. The lowest BCUT2D eigenvalue weighted by molar-refractivity contribution is -0.123. The van der Waals surface area contributed by atoms with Crippen LogP contribution in [0.5, 0.6) is 0 Å². The minimum Gasteiger partial charge on any atom is -0.467 e. The monoisotopic (exact) mass is 439 g/mol. The summed E-state index contributed by atoms with van der Waals surface area (Å²) < 4.78 is 10.1. The molecule has 10 heteroatoms. The van der Waals surface area contributed by atoms with Crippen molar-refractivity contribution in [1.82, 2.24) is 15.5 Å². The number of furan rings is 1. The van der Waals surface area contributed by atoms with Crippen molar-refractivity contribution in [2.75, 3.05) is 6.61 Å². The highest BCUT2D eigenvalue weighted by Crippen LogP contribution is 2.26. The molecule has 0 spiro atoms. The molecular weight excluding hydrogens is 418 g/mol. The van der Waals surface area contributed by atoms with E-state index in [1.54, 1.807) is 12.1 Å². The van der Waals surface area contributed by atoms with Crippen LogP contribution >= 0.6 is 0 Å². The number of imide groups is 2. The van der Waals surface area contributed by atoms with Gasteiger partial charge in [0.25, 0.3) is 17.7 Å².